The summed E-state index contributed by atoms with van der Waals surface area (Å²) in [6, 6.07) is -0.632. The van der Waals surface area contributed by atoms with Crippen molar-refractivity contribution in [2.75, 3.05) is 13.2 Å². The van der Waals surface area contributed by atoms with E-state index in [1.165, 1.54) is 212 Å². The predicted octanol–water partition coefficient (Wildman–Crippen LogP) is 18.4. The van der Waals surface area contributed by atoms with Gasteiger partial charge in [0.05, 0.1) is 25.4 Å². The first-order valence-electron chi connectivity index (χ1n) is 29.6. The summed E-state index contributed by atoms with van der Waals surface area (Å²) >= 11 is 0. The number of allylic oxidation sites excluding steroid dienone is 8. The van der Waals surface area contributed by atoms with Gasteiger partial charge in [0.25, 0.3) is 0 Å². The van der Waals surface area contributed by atoms with Crippen LogP contribution in [0.2, 0.25) is 0 Å². The topological polar surface area (TPSA) is 95.9 Å². The molecule has 0 spiro atoms. The zero-order chi connectivity index (χ0) is 49.3. The largest absolute Gasteiger partial charge is 0.465 e. The van der Waals surface area contributed by atoms with Crippen molar-refractivity contribution in [3.63, 3.8) is 0 Å². The summed E-state index contributed by atoms with van der Waals surface area (Å²) in [7, 11) is 0. The maximum absolute atomic E-state index is 12.4. The number of unbranched alkanes of at least 4 members (excludes halogenated alkanes) is 35. The molecule has 0 bridgehead atoms. The maximum atomic E-state index is 12.4. The van der Waals surface area contributed by atoms with Crippen LogP contribution >= 0.6 is 0 Å². The first-order chi connectivity index (χ1) is 33.5. The highest BCUT2D eigenvalue weighted by Gasteiger charge is 2.18. The van der Waals surface area contributed by atoms with Crippen molar-refractivity contribution < 1.29 is 24.5 Å². The molecule has 0 aromatic carbocycles. The Hall–Kier alpha value is -2.44. The fourth-order valence-electron chi connectivity index (χ4n) is 8.74. The second kappa shape index (κ2) is 57.1. The van der Waals surface area contributed by atoms with Crippen molar-refractivity contribution in [2.45, 2.75) is 309 Å². The highest BCUT2D eigenvalue weighted by Crippen LogP contribution is 2.16. The summed E-state index contributed by atoms with van der Waals surface area (Å²) in [4.78, 5) is 24.5. The molecule has 0 aromatic rings. The molecule has 3 N–H and O–H groups in total. The van der Waals surface area contributed by atoms with Crippen LogP contribution in [0.1, 0.15) is 296 Å². The Bertz CT molecular complexity index is 1190. The highest BCUT2D eigenvalue weighted by atomic mass is 16.5. The average molecular weight is 953 g/mol. The third-order valence-corrected chi connectivity index (χ3v) is 13.3. The van der Waals surface area contributed by atoms with E-state index in [2.05, 4.69) is 67.8 Å². The molecule has 2 atom stereocenters. The van der Waals surface area contributed by atoms with Gasteiger partial charge in [-0.1, -0.05) is 261 Å². The molecule has 0 aliphatic carbocycles. The molecule has 396 valence electrons. The summed E-state index contributed by atoms with van der Waals surface area (Å²) in [5, 5.41) is 23.0. The van der Waals surface area contributed by atoms with Gasteiger partial charge in [-0.15, -0.1) is 0 Å². The van der Waals surface area contributed by atoms with Gasteiger partial charge in [0.1, 0.15) is 0 Å². The van der Waals surface area contributed by atoms with Crippen LogP contribution in [0.4, 0.5) is 0 Å². The smallest absolute Gasteiger partial charge is 0.305 e. The van der Waals surface area contributed by atoms with Crippen molar-refractivity contribution in [1.82, 2.24) is 5.32 Å². The van der Waals surface area contributed by atoms with Gasteiger partial charge < -0.3 is 20.3 Å². The molecule has 0 fully saturated rings. The molecule has 0 heterocycles. The molecule has 0 saturated carbocycles. The van der Waals surface area contributed by atoms with Gasteiger partial charge in [0.2, 0.25) is 5.91 Å². The first-order valence-corrected chi connectivity index (χ1v) is 29.6. The van der Waals surface area contributed by atoms with E-state index in [1.54, 1.807) is 6.08 Å². The van der Waals surface area contributed by atoms with Gasteiger partial charge in [-0.3, -0.25) is 9.59 Å². The summed E-state index contributed by atoms with van der Waals surface area (Å²) in [6.45, 7) is 4.76. The second-order valence-corrected chi connectivity index (χ2v) is 20.0. The van der Waals surface area contributed by atoms with Gasteiger partial charge in [-0.25, -0.2) is 0 Å². The normalized spacial score (nSPS) is 13.1. The predicted molar refractivity (Wildman–Crippen MR) is 296 cm³/mol. The number of rotatable bonds is 54. The number of carbonyl (C=O) groups excluding carboxylic acids is 2. The Morgan fingerprint density at radius 1 is 0.412 bits per heavy atom. The van der Waals surface area contributed by atoms with Crippen LogP contribution in [0, 0.1) is 0 Å². The van der Waals surface area contributed by atoms with Crippen LogP contribution in [0.25, 0.3) is 0 Å². The van der Waals surface area contributed by atoms with E-state index in [1.807, 2.05) is 6.08 Å². The van der Waals surface area contributed by atoms with E-state index >= 15 is 0 Å². The quantitative estimate of drug-likeness (QED) is 0.0321. The van der Waals surface area contributed by atoms with E-state index in [0.717, 1.165) is 57.8 Å². The molecule has 0 aromatic heterocycles. The van der Waals surface area contributed by atoms with Crippen LogP contribution in [-0.2, 0) is 14.3 Å². The summed E-state index contributed by atoms with van der Waals surface area (Å²) in [5.74, 6) is -0.118. The maximum Gasteiger partial charge on any atom is 0.305 e. The van der Waals surface area contributed by atoms with E-state index < -0.39 is 12.1 Å². The zero-order valence-electron chi connectivity index (χ0n) is 45.1. The summed E-state index contributed by atoms with van der Waals surface area (Å²) in [5.41, 5.74) is 0. The molecule has 0 saturated heterocycles. The van der Waals surface area contributed by atoms with Gasteiger partial charge >= 0.3 is 5.97 Å². The number of carbonyl (C=O) groups is 2. The number of aliphatic hydroxyl groups is 2. The molecule has 0 aliphatic rings. The molecule has 6 nitrogen and oxygen atoms in total. The van der Waals surface area contributed by atoms with E-state index in [9.17, 15) is 19.8 Å². The van der Waals surface area contributed by atoms with Crippen molar-refractivity contribution in [2.24, 2.45) is 0 Å². The fourth-order valence-corrected chi connectivity index (χ4v) is 8.74. The van der Waals surface area contributed by atoms with Crippen molar-refractivity contribution >= 4 is 11.9 Å². The molecular formula is C62H113NO5. The van der Waals surface area contributed by atoms with Crippen molar-refractivity contribution in [3.05, 3.63) is 60.8 Å². The Balaban J connectivity index is 3.47. The molecule has 0 aliphatic heterocycles. The SMILES string of the molecule is CCCCCC/C=C\C/C=C\CCCCCCCCCC(=O)OCC/C=C\C/C=C\CCCCCCCCCCCCCCCCC(=O)NC(CO)C(O)/C=C/CCCCCCCCCCCC. The van der Waals surface area contributed by atoms with Crippen LogP contribution in [0.3, 0.4) is 0 Å². The fraction of sp³-hybridized carbons (Fsp3) is 0.806. The van der Waals surface area contributed by atoms with Gasteiger partial charge in [0, 0.05) is 12.8 Å². The highest BCUT2D eigenvalue weighted by molar-refractivity contribution is 5.76. The Labute approximate surface area is 422 Å². The number of hydrogen-bond donors (Lipinski definition) is 3. The van der Waals surface area contributed by atoms with E-state index in [4.69, 9.17) is 4.74 Å². The molecule has 0 rings (SSSR count). The summed E-state index contributed by atoms with van der Waals surface area (Å²) in [6.07, 6.45) is 74.1. The van der Waals surface area contributed by atoms with Crippen LogP contribution in [0.5, 0.6) is 0 Å². The summed E-state index contributed by atoms with van der Waals surface area (Å²) < 4.78 is 5.42. The lowest BCUT2D eigenvalue weighted by Gasteiger charge is -2.20. The molecule has 1 amide bonds. The van der Waals surface area contributed by atoms with E-state index in [-0.39, 0.29) is 18.5 Å². The minimum atomic E-state index is -0.848. The number of esters is 1. The lowest BCUT2D eigenvalue weighted by Crippen LogP contribution is -2.45. The number of ether oxygens (including phenoxy) is 1. The molecule has 6 heteroatoms. The molecule has 2 unspecified atom stereocenters. The average Bonchev–Trinajstić information content (AvgIpc) is 3.34. The number of aliphatic hydroxyl groups excluding tert-OH is 2. The molecule has 68 heavy (non-hydrogen) atoms. The lowest BCUT2D eigenvalue weighted by atomic mass is 10.0. The third kappa shape index (κ3) is 52.9. The minimum absolute atomic E-state index is 0.0440. The second-order valence-electron chi connectivity index (χ2n) is 20.0. The zero-order valence-corrected chi connectivity index (χ0v) is 45.1. The van der Waals surface area contributed by atoms with E-state index in [0.29, 0.717) is 19.4 Å². The number of hydrogen-bond acceptors (Lipinski definition) is 5. The third-order valence-electron chi connectivity index (χ3n) is 13.3. The monoisotopic (exact) mass is 952 g/mol. The van der Waals surface area contributed by atoms with Crippen LogP contribution < -0.4 is 5.32 Å². The standard InChI is InChI=1S/C62H113NO5/c1-3-5-7-9-11-13-15-17-18-19-26-29-32-36-40-44-48-52-56-62(67)68-57-53-49-45-41-37-33-30-27-24-22-20-21-23-25-28-31-35-39-43-47-51-55-61(66)63-59(58-64)60(65)54-50-46-42-38-34-16-14-12-10-8-6-4-2/h13,15,18-19,33,37,45,49-50,54,59-60,64-65H,3-12,14,16-17,20-32,34-36,38-44,46-48,51-53,55-58H2,1-2H3,(H,63,66)/b15-13-,19-18-,37-33-,49-45-,54-50+. The number of amides is 1. The van der Waals surface area contributed by atoms with Gasteiger partial charge in [0.15, 0.2) is 0 Å². The minimum Gasteiger partial charge on any atom is -0.465 e. The molecular weight excluding hydrogens is 839 g/mol. The lowest BCUT2D eigenvalue weighted by molar-refractivity contribution is -0.143. The van der Waals surface area contributed by atoms with Crippen molar-refractivity contribution in [3.8, 4) is 0 Å². The Kier molecular flexibility index (Phi) is 55.1. The van der Waals surface area contributed by atoms with Gasteiger partial charge in [-0.2, -0.15) is 0 Å². The van der Waals surface area contributed by atoms with Crippen LogP contribution in [-0.4, -0.2) is 47.4 Å². The van der Waals surface area contributed by atoms with Crippen LogP contribution in [0.15, 0.2) is 60.8 Å². The van der Waals surface area contributed by atoms with Gasteiger partial charge in [-0.05, 0) is 83.5 Å². The first kappa shape index (κ1) is 65.6. The number of nitrogens with one attached hydrogen (secondary N) is 1. The van der Waals surface area contributed by atoms with Crippen molar-refractivity contribution in [1.29, 1.82) is 0 Å². The molecule has 0 radical (unpaired) electrons. The Morgan fingerprint density at radius 3 is 1.13 bits per heavy atom. The Morgan fingerprint density at radius 2 is 0.735 bits per heavy atom.